The fourth-order valence-corrected chi connectivity index (χ4v) is 3.16. The number of rotatable bonds is 6. The summed E-state index contributed by atoms with van der Waals surface area (Å²) < 4.78 is 8.22. The van der Waals surface area contributed by atoms with Crippen molar-refractivity contribution in [2.24, 2.45) is 0 Å². The lowest BCUT2D eigenvalue weighted by molar-refractivity contribution is 0.221. The van der Waals surface area contributed by atoms with E-state index in [1.807, 2.05) is 0 Å². The molecule has 0 unspecified atom stereocenters. The number of nitrogens with zero attached hydrogens (tertiary/aromatic N) is 2. The van der Waals surface area contributed by atoms with E-state index in [4.69, 9.17) is 4.74 Å². The first-order chi connectivity index (χ1) is 10.4. The summed E-state index contributed by atoms with van der Waals surface area (Å²) in [5, 5.41) is 1.24. The SMILES string of the molecule is CCCOc1cccc2c1ccn2CCN1CCCCC1. The van der Waals surface area contributed by atoms with Gasteiger partial charge >= 0.3 is 0 Å². The Labute approximate surface area is 127 Å². The molecule has 0 aliphatic carbocycles. The van der Waals surface area contributed by atoms with Crippen molar-refractivity contribution in [3.63, 3.8) is 0 Å². The van der Waals surface area contributed by atoms with Crippen molar-refractivity contribution in [1.29, 1.82) is 0 Å². The topological polar surface area (TPSA) is 17.4 Å². The number of aromatic nitrogens is 1. The van der Waals surface area contributed by atoms with Crippen molar-refractivity contribution in [2.75, 3.05) is 26.2 Å². The quantitative estimate of drug-likeness (QED) is 0.801. The van der Waals surface area contributed by atoms with E-state index in [1.54, 1.807) is 0 Å². The third-order valence-electron chi connectivity index (χ3n) is 4.34. The number of benzene rings is 1. The molecule has 114 valence electrons. The smallest absolute Gasteiger partial charge is 0.128 e. The number of hydrogen-bond donors (Lipinski definition) is 0. The molecule has 1 aliphatic heterocycles. The lowest BCUT2D eigenvalue weighted by Gasteiger charge is -2.26. The molecule has 0 spiro atoms. The van der Waals surface area contributed by atoms with Gasteiger partial charge in [0.2, 0.25) is 0 Å². The summed E-state index contributed by atoms with van der Waals surface area (Å²) in [6.07, 6.45) is 7.38. The number of ether oxygens (including phenoxy) is 1. The Bertz CT molecular complexity index is 570. The second-order valence-electron chi connectivity index (χ2n) is 5.95. The van der Waals surface area contributed by atoms with Gasteiger partial charge in [0.1, 0.15) is 5.75 Å². The standard InChI is InChI=1S/C18H26N2O/c1-2-15-21-18-8-6-7-17-16(18)9-12-20(17)14-13-19-10-4-3-5-11-19/h6-9,12H,2-5,10-11,13-15H2,1H3. The lowest BCUT2D eigenvalue weighted by atomic mass is 10.1. The molecule has 21 heavy (non-hydrogen) atoms. The molecule has 0 bridgehead atoms. The fourth-order valence-electron chi connectivity index (χ4n) is 3.16. The van der Waals surface area contributed by atoms with Crippen molar-refractivity contribution in [2.45, 2.75) is 39.2 Å². The molecule has 0 saturated carbocycles. The van der Waals surface area contributed by atoms with Crippen LogP contribution in [-0.4, -0.2) is 35.7 Å². The summed E-state index contributed by atoms with van der Waals surface area (Å²) >= 11 is 0. The van der Waals surface area contributed by atoms with Gasteiger partial charge in [0.15, 0.2) is 0 Å². The van der Waals surface area contributed by atoms with Gasteiger partial charge in [0, 0.05) is 24.7 Å². The van der Waals surface area contributed by atoms with Crippen LogP contribution in [0, 0.1) is 0 Å². The van der Waals surface area contributed by atoms with Gasteiger partial charge in [-0.1, -0.05) is 19.4 Å². The van der Waals surface area contributed by atoms with Crippen LogP contribution in [0.2, 0.25) is 0 Å². The van der Waals surface area contributed by atoms with Crippen LogP contribution in [0.5, 0.6) is 5.75 Å². The van der Waals surface area contributed by atoms with Crippen LogP contribution >= 0.6 is 0 Å². The van der Waals surface area contributed by atoms with E-state index < -0.39 is 0 Å². The summed E-state index contributed by atoms with van der Waals surface area (Å²) in [5.74, 6) is 1.02. The second-order valence-corrected chi connectivity index (χ2v) is 5.95. The van der Waals surface area contributed by atoms with Crippen LogP contribution in [0.3, 0.4) is 0 Å². The van der Waals surface area contributed by atoms with E-state index in [-0.39, 0.29) is 0 Å². The molecule has 1 aliphatic rings. The van der Waals surface area contributed by atoms with Crippen LogP contribution < -0.4 is 4.74 Å². The fraction of sp³-hybridized carbons (Fsp3) is 0.556. The van der Waals surface area contributed by atoms with E-state index in [0.29, 0.717) is 0 Å². The number of likely N-dealkylation sites (tertiary alicyclic amines) is 1. The normalized spacial score (nSPS) is 16.4. The first-order valence-electron chi connectivity index (χ1n) is 8.31. The Morgan fingerprint density at radius 2 is 1.90 bits per heavy atom. The Morgan fingerprint density at radius 3 is 2.71 bits per heavy atom. The minimum Gasteiger partial charge on any atom is -0.493 e. The molecule has 3 rings (SSSR count). The van der Waals surface area contributed by atoms with Crippen molar-refractivity contribution < 1.29 is 4.74 Å². The van der Waals surface area contributed by atoms with Crippen LogP contribution in [0.15, 0.2) is 30.5 Å². The monoisotopic (exact) mass is 286 g/mol. The average Bonchev–Trinajstić information content (AvgIpc) is 2.96. The van der Waals surface area contributed by atoms with Gasteiger partial charge in [0.25, 0.3) is 0 Å². The molecule has 2 aromatic rings. The predicted molar refractivity (Wildman–Crippen MR) is 88.0 cm³/mol. The molecule has 0 N–H and O–H groups in total. The highest BCUT2D eigenvalue weighted by molar-refractivity contribution is 5.86. The highest BCUT2D eigenvalue weighted by Crippen LogP contribution is 2.26. The largest absolute Gasteiger partial charge is 0.493 e. The van der Waals surface area contributed by atoms with E-state index >= 15 is 0 Å². The van der Waals surface area contributed by atoms with Crippen molar-refractivity contribution in [3.8, 4) is 5.75 Å². The van der Waals surface area contributed by atoms with Crippen LogP contribution in [0.1, 0.15) is 32.6 Å². The summed E-state index contributed by atoms with van der Waals surface area (Å²) in [7, 11) is 0. The zero-order valence-corrected chi connectivity index (χ0v) is 13.1. The molecule has 3 heteroatoms. The molecule has 1 aromatic carbocycles. The second kappa shape index (κ2) is 6.99. The molecular formula is C18H26N2O. The highest BCUT2D eigenvalue weighted by atomic mass is 16.5. The van der Waals surface area contributed by atoms with Crippen molar-refractivity contribution in [3.05, 3.63) is 30.5 Å². The molecule has 2 heterocycles. The Kier molecular flexibility index (Phi) is 4.81. The molecule has 1 aromatic heterocycles. The van der Waals surface area contributed by atoms with E-state index in [2.05, 4.69) is 46.9 Å². The zero-order chi connectivity index (χ0) is 14.5. The third-order valence-corrected chi connectivity index (χ3v) is 4.34. The maximum absolute atomic E-state index is 5.85. The molecule has 3 nitrogen and oxygen atoms in total. The molecule has 1 saturated heterocycles. The van der Waals surface area contributed by atoms with Gasteiger partial charge in [0.05, 0.1) is 12.1 Å². The Morgan fingerprint density at radius 1 is 1.05 bits per heavy atom. The summed E-state index contributed by atoms with van der Waals surface area (Å²) in [4.78, 5) is 2.59. The van der Waals surface area contributed by atoms with Crippen LogP contribution in [0.25, 0.3) is 10.9 Å². The number of piperidine rings is 1. The first kappa shape index (κ1) is 14.5. The number of hydrogen-bond acceptors (Lipinski definition) is 2. The summed E-state index contributed by atoms with van der Waals surface area (Å²) in [6, 6.07) is 8.57. The minimum atomic E-state index is 0.790. The summed E-state index contributed by atoms with van der Waals surface area (Å²) in [6.45, 7) is 7.70. The van der Waals surface area contributed by atoms with E-state index in [0.717, 1.165) is 31.9 Å². The minimum absolute atomic E-state index is 0.790. The lowest BCUT2D eigenvalue weighted by Crippen LogP contribution is -2.32. The van der Waals surface area contributed by atoms with Gasteiger partial charge < -0.3 is 14.2 Å². The predicted octanol–water partition coefficient (Wildman–Crippen LogP) is 3.92. The van der Waals surface area contributed by atoms with Gasteiger partial charge in [-0.3, -0.25) is 0 Å². The van der Waals surface area contributed by atoms with E-state index in [1.165, 1.54) is 43.3 Å². The Hall–Kier alpha value is -1.48. The molecule has 1 fully saturated rings. The van der Waals surface area contributed by atoms with Crippen molar-refractivity contribution in [1.82, 2.24) is 9.47 Å². The highest BCUT2D eigenvalue weighted by Gasteiger charge is 2.11. The first-order valence-corrected chi connectivity index (χ1v) is 8.31. The van der Waals surface area contributed by atoms with Gasteiger partial charge in [-0.05, 0) is 50.6 Å². The molecule has 0 atom stereocenters. The maximum atomic E-state index is 5.85. The molecule has 0 radical (unpaired) electrons. The van der Waals surface area contributed by atoms with Gasteiger partial charge in [-0.15, -0.1) is 0 Å². The van der Waals surface area contributed by atoms with Gasteiger partial charge in [-0.2, -0.15) is 0 Å². The molecular weight excluding hydrogens is 260 g/mol. The molecule has 0 amide bonds. The van der Waals surface area contributed by atoms with Crippen LogP contribution in [0.4, 0.5) is 0 Å². The zero-order valence-electron chi connectivity index (χ0n) is 13.1. The Balaban J connectivity index is 1.70. The van der Waals surface area contributed by atoms with E-state index in [9.17, 15) is 0 Å². The average molecular weight is 286 g/mol. The third kappa shape index (κ3) is 3.41. The maximum Gasteiger partial charge on any atom is 0.128 e. The number of fused-ring (bicyclic) bond motifs is 1. The van der Waals surface area contributed by atoms with Crippen LogP contribution in [-0.2, 0) is 6.54 Å². The van der Waals surface area contributed by atoms with Gasteiger partial charge in [-0.25, -0.2) is 0 Å². The van der Waals surface area contributed by atoms with Crippen molar-refractivity contribution >= 4 is 10.9 Å². The summed E-state index contributed by atoms with van der Waals surface area (Å²) in [5.41, 5.74) is 1.29.